The molecular weight excluding hydrogens is 370 g/mol. The molecule has 0 fully saturated rings. The van der Waals surface area contributed by atoms with E-state index in [-0.39, 0.29) is 5.69 Å². The van der Waals surface area contributed by atoms with E-state index >= 15 is 0 Å². The molecule has 0 aliphatic heterocycles. The highest BCUT2D eigenvalue weighted by Crippen LogP contribution is 2.35. The van der Waals surface area contributed by atoms with Crippen LogP contribution >= 0.6 is 27.7 Å². The molecule has 8 heteroatoms. The number of nitrogens with one attached hydrogen (secondary N) is 1. The zero-order valence-electron chi connectivity index (χ0n) is 12.7. The van der Waals surface area contributed by atoms with E-state index in [0.717, 1.165) is 28.0 Å². The van der Waals surface area contributed by atoms with Crippen molar-refractivity contribution in [2.75, 3.05) is 14.2 Å². The molecule has 22 heavy (non-hydrogen) atoms. The van der Waals surface area contributed by atoms with Crippen LogP contribution in [0.3, 0.4) is 0 Å². The van der Waals surface area contributed by atoms with Crippen molar-refractivity contribution in [2.45, 2.75) is 30.8 Å². The van der Waals surface area contributed by atoms with Gasteiger partial charge in [0.05, 0.1) is 18.7 Å². The minimum Gasteiger partial charge on any atom is -0.496 e. The van der Waals surface area contributed by atoms with Gasteiger partial charge in [0.15, 0.2) is 5.16 Å². The molecular formula is C14H18BrN3O3S. The highest BCUT2D eigenvalue weighted by Gasteiger charge is 2.13. The first-order valence-corrected chi connectivity index (χ1v) is 8.57. The van der Waals surface area contributed by atoms with Crippen molar-refractivity contribution >= 4 is 27.7 Å². The van der Waals surface area contributed by atoms with Gasteiger partial charge in [0.1, 0.15) is 11.5 Å². The smallest absolute Gasteiger partial charge is 0.343 e. The van der Waals surface area contributed by atoms with Crippen molar-refractivity contribution in [3.63, 3.8) is 0 Å². The number of H-pyrrole nitrogens is 1. The molecule has 120 valence electrons. The third-order valence-corrected chi connectivity index (χ3v) is 4.73. The Morgan fingerprint density at radius 2 is 2.05 bits per heavy atom. The lowest BCUT2D eigenvalue weighted by molar-refractivity contribution is 0.398. The molecule has 2 rings (SSSR count). The third-order valence-electron chi connectivity index (χ3n) is 3.08. The fourth-order valence-electron chi connectivity index (χ4n) is 2.01. The van der Waals surface area contributed by atoms with Gasteiger partial charge in [-0.3, -0.25) is 4.57 Å². The van der Waals surface area contributed by atoms with Crippen molar-refractivity contribution in [3.8, 4) is 11.5 Å². The highest BCUT2D eigenvalue weighted by molar-refractivity contribution is 9.10. The Labute approximate surface area is 141 Å². The number of thioether (sulfide) groups is 1. The van der Waals surface area contributed by atoms with Gasteiger partial charge in [0.25, 0.3) is 0 Å². The highest BCUT2D eigenvalue weighted by atomic mass is 79.9. The van der Waals surface area contributed by atoms with Crippen LogP contribution in [0, 0.1) is 0 Å². The summed E-state index contributed by atoms with van der Waals surface area (Å²) in [4.78, 5) is 11.7. The van der Waals surface area contributed by atoms with Gasteiger partial charge in [-0.2, -0.15) is 0 Å². The maximum Gasteiger partial charge on any atom is 0.343 e. The Bertz CT molecular complexity index is 699. The molecule has 0 saturated carbocycles. The summed E-state index contributed by atoms with van der Waals surface area (Å²) in [6.07, 6.45) is 0.877. The lowest BCUT2D eigenvalue weighted by Crippen LogP contribution is -2.17. The minimum absolute atomic E-state index is 0.176. The molecule has 0 aliphatic carbocycles. The molecule has 2 aromatic rings. The second-order valence-electron chi connectivity index (χ2n) is 4.55. The molecule has 1 N–H and O–H groups in total. The fraction of sp³-hybridized carbons (Fsp3) is 0.429. The van der Waals surface area contributed by atoms with Crippen LogP contribution < -0.4 is 15.2 Å². The number of rotatable bonds is 7. The van der Waals surface area contributed by atoms with Gasteiger partial charge in [0.2, 0.25) is 0 Å². The molecule has 0 bridgehead atoms. The largest absolute Gasteiger partial charge is 0.496 e. The predicted octanol–water partition coefficient (Wildman–Crippen LogP) is 3.05. The van der Waals surface area contributed by atoms with Gasteiger partial charge >= 0.3 is 5.69 Å². The van der Waals surface area contributed by atoms with Gasteiger partial charge < -0.3 is 9.47 Å². The van der Waals surface area contributed by atoms with Crippen molar-refractivity contribution in [1.29, 1.82) is 0 Å². The number of halogens is 1. The van der Waals surface area contributed by atoms with Gasteiger partial charge in [-0.1, -0.05) is 18.7 Å². The van der Waals surface area contributed by atoms with Gasteiger partial charge in [-0.15, -0.1) is 5.10 Å². The van der Waals surface area contributed by atoms with Crippen molar-refractivity contribution in [2.24, 2.45) is 0 Å². The third kappa shape index (κ3) is 3.67. The number of benzene rings is 1. The summed E-state index contributed by atoms with van der Waals surface area (Å²) >= 11 is 4.92. The van der Waals surface area contributed by atoms with Crippen LogP contribution in [0.1, 0.15) is 18.9 Å². The number of ether oxygens (including phenoxy) is 2. The zero-order valence-corrected chi connectivity index (χ0v) is 15.1. The first kappa shape index (κ1) is 17.0. The second kappa shape index (κ2) is 7.73. The standard InChI is InChI=1S/C14H18BrN3O3S/c1-4-5-18-13(19)16-17-14(18)22-8-9-6-12(21-3)10(15)7-11(9)20-2/h6-7H,4-5,8H2,1-3H3,(H,16,19). The first-order valence-electron chi connectivity index (χ1n) is 6.79. The molecule has 0 saturated heterocycles. The molecule has 0 amide bonds. The Kier molecular flexibility index (Phi) is 5.96. The average molecular weight is 388 g/mol. The van der Waals surface area contributed by atoms with E-state index in [1.54, 1.807) is 18.8 Å². The predicted molar refractivity (Wildman–Crippen MR) is 89.9 cm³/mol. The molecule has 0 aliphatic rings. The normalized spacial score (nSPS) is 10.7. The van der Waals surface area contributed by atoms with Gasteiger partial charge in [-0.05, 0) is 34.5 Å². The number of aromatic nitrogens is 3. The summed E-state index contributed by atoms with van der Waals surface area (Å²) in [6, 6.07) is 3.79. The Hall–Kier alpha value is -1.41. The van der Waals surface area contributed by atoms with Crippen LogP contribution in [-0.2, 0) is 12.3 Å². The number of hydrogen-bond acceptors (Lipinski definition) is 5. The quantitative estimate of drug-likeness (QED) is 0.739. The summed E-state index contributed by atoms with van der Waals surface area (Å²) in [6.45, 7) is 2.68. The van der Waals surface area contributed by atoms with Crippen LogP contribution in [0.25, 0.3) is 0 Å². The molecule has 6 nitrogen and oxygen atoms in total. The van der Waals surface area contributed by atoms with Crippen LogP contribution in [0.2, 0.25) is 0 Å². The number of nitrogens with zero attached hydrogens (tertiary/aromatic N) is 2. The monoisotopic (exact) mass is 387 g/mol. The minimum atomic E-state index is -0.176. The number of hydrogen-bond donors (Lipinski definition) is 1. The summed E-state index contributed by atoms with van der Waals surface area (Å²) in [7, 11) is 3.25. The second-order valence-corrected chi connectivity index (χ2v) is 6.35. The number of aromatic amines is 1. The molecule has 0 atom stereocenters. The van der Waals surface area contributed by atoms with E-state index in [1.807, 2.05) is 19.1 Å². The lowest BCUT2D eigenvalue weighted by Gasteiger charge is -2.12. The molecule has 0 spiro atoms. The average Bonchev–Trinajstić information content (AvgIpc) is 2.86. The molecule has 0 unspecified atom stereocenters. The van der Waals surface area contributed by atoms with Crippen LogP contribution in [0.15, 0.2) is 26.6 Å². The van der Waals surface area contributed by atoms with E-state index in [0.29, 0.717) is 17.5 Å². The maximum atomic E-state index is 11.7. The van der Waals surface area contributed by atoms with E-state index in [4.69, 9.17) is 9.47 Å². The first-order chi connectivity index (χ1) is 10.6. The lowest BCUT2D eigenvalue weighted by atomic mass is 10.2. The Morgan fingerprint density at radius 3 is 2.68 bits per heavy atom. The molecule has 1 aromatic heterocycles. The van der Waals surface area contributed by atoms with Crippen LogP contribution in [0.4, 0.5) is 0 Å². The van der Waals surface area contributed by atoms with E-state index in [1.165, 1.54) is 11.8 Å². The van der Waals surface area contributed by atoms with E-state index < -0.39 is 0 Å². The maximum absolute atomic E-state index is 11.7. The number of methoxy groups -OCH3 is 2. The fourth-order valence-corrected chi connectivity index (χ4v) is 3.45. The topological polar surface area (TPSA) is 69.1 Å². The van der Waals surface area contributed by atoms with Crippen molar-refractivity contribution in [1.82, 2.24) is 14.8 Å². The summed E-state index contributed by atoms with van der Waals surface area (Å²) in [5.74, 6) is 2.13. The molecule has 1 aromatic carbocycles. The Balaban J connectivity index is 2.23. The van der Waals surface area contributed by atoms with Crippen LogP contribution in [0.5, 0.6) is 11.5 Å². The zero-order chi connectivity index (χ0) is 16.1. The van der Waals surface area contributed by atoms with Crippen molar-refractivity contribution in [3.05, 3.63) is 32.7 Å². The van der Waals surface area contributed by atoms with E-state index in [9.17, 15) is 4.79 Å². The van der Waals surface area contributed by atoms with Gasteiger partial charge in [-0.25, -0.2) is 9.89 Å². The summed E-state index contributed by atoms with van der Waals surface area (Å²) in [5, 5.41) is 7.24. The van der Waals surface area contributed by atoms with Crippen molar-refractivity contribution < 1.29 is 9.47 Å². The summed E-state index contributed by atoms with van der Waals surface area (Å²) < 4.78 is 13.2. The molecule has 0 radical (unpaired) electrons. The SMILES string of the molecule is CCCn1c(SCc2cc(OC)c(Br)cc2OC)n[nH]c1=O. The summed E-state index contributed by atoms with van der Waals surface area (Å²) in [5.41, 5.74) is 0.802. The van der Waals surface area contributed by atoms with E-state index in [2.05, 4.69) is 26.1 Å². The van der Waals surface area contributed by atoms with Crippen LogP contribution in [-0.4, -0.2) is 29.0 Å². The van der Waals surface area contributed by atoms with Gasteiger partial charge in [0, 0.05) is 17.9 Å². The Morgan fingerprint density at radius 1 is 1.32 bits per heavy atom. The molecule has 1 heterocycles.